The third kappa shape index (κ3) is 2.22. The largest absolute Gasteiger partial charge is 0.439 e. The Bertz CT molecular complexity index is 792. The molecule has 2 aromatic heterocycles. The molecule has 0 amide bonds. The first kappa shape index (κ1) is 12.9. The second kappa shape index (κ2) is 4.86. The van der Waals surface area contributed by atoms with Crippen LogP contribution in [0.2, 0.25) is 0 Å². The van der Waals surface area contributed by atoms with E-state index in [0.717, 1.165) is 36.5 Å². The highest BCUT2D eigenvalue weighted by atomic mass is 32.1. The third-order valence-electron chi connectivity index (χ3n) is 4.20. The van der Waals surface area contributed by atoms with Gasteiger partial charge in [-0.3, -0.25) is 4.90 Å². The lowest BCUT2D eigenvalue weighted by molar-refractivity contribution is 0.175. The van der Waals surface area contributed by atoms with E-state index in [2.05, 4.69) is 28.3 Å². The number of nitrogen functional groups attached to an aromatic ring is 1. The molecule has 3 heterocycles. The average Bonchev–Trinajstić information content (AvgIpc) is 3.07. The number of aromatic nitrogens is 1. The van der Waals surface area contributed by atoms with Gasteiger partial charge in [-0.1, -0.05) is 0 Å². The number of thiophene rings is 1. The normalized spacial score (nSPS) is 19.0. The van der Waals surface area contributed by atoms with Crippen LogP contribution in [0.4, 0.5) is 5.69 Å². The fourth-order valence-corrected chi connectivity index (χ4v) is 3.97. The van der Waals surface area contributed by atoms with Gasteiger partial charge in [0, 0.05) is 29.2 Å². The summed E-state index contributed by atoms with van der Waals surface area (Å²) < 4.78 is 5.84. The summed E-state index contributed by atoms with van der Waals surface area (Å²) in [4.78, 5) is 8.50. The molecule has 2 N–H and O–H groups in total. The first-order valence-corrected chi connectivity index (χ1v) is 8.04. The zero-order valence-corrected chi connectivity index (χ0v) is 12.7. The van der Waals surface area contributed by atoms with Crippen molar-refractivity contribution in [3.05, 3.63) is 46.0 Å². The van der Waals surface area contributed by atoms with Crippen molar-refractivity contribution in [3.8, 4) is 0 Å². The number of benzene rings is 1. The predicted molar refractivity (Wildman–Crippen MR) is 85.3 cm³/mol. The molecule has 0 spiro atoms. The Morgan fingerprint density at radius 2 is 2.33 bits per heavy atom. The smallest absolute Gasteiger partial charge is 0.209 e. The molecule has 1 aliphatic heterocycles. The van der Waals surface area contributed by atoms with E-state index >= 15 is 0 Å². The Kier molecular flexibility index (Phi) is 2.97. The van der Waals surface area contributed by atoms with Crippen molar-refractivity contribution in [2.24, 2.45) is 0 Å². The van der Waals surface area contributed by atoms with Gasteiger partial charge < -0.3 is 10.2 Å². The fraction of sp³-hybridized carbons (Fsp3) is 0.312. The van der Waals surface area contributed by atoms with E-state index in [1.54, 1.807) is 0 Å². The maximum Gasteiger partial charge on any atom is 0.209 e. The number of oxazole rings is 1. The van der Waals surface area contributed by atoms with Gasteiger partial charge in [-0.25, -0.2) is 4.98 Å². The Morgan fingerprint density at radius 1 is 1.43 bits per heavy atom. The number of anilines is 1. The van der Waals surface area contributed by atoms with Crippen molar-refractivity contribution < 1.29 is 4.42 Å². The van der Waals surface area contributed by atoms with Crippen LogP contribution in [0.1, 0.15) is 29.3 Å². The van der Waals surface area contributed by atoms with Crippen molar-refractivity contribution in [2.45, 2.75) is 25.9 Å². The van der Waals surface area contributed by atoms with Gasteiger partial charge in [0.25, 0.3) is 0 Å². The molecular weight excluding hydrogens is 282 g/mol. The molecule has 0 saturated heterocycles. The van der Waals surface area contributed by atoms with Crippen molar-refractivity contribution in [1.29, 1.82) is 0 Å². The molecule has 4 rings (SSSR count). The van der Waals surface area contributed by atoms with Crippen LogP contribution in [0, 0.1) is 0 Å². The Labute approximate surface area is 127 Å². The first-order chi connectivity index (χ1) is 10.2. The lowest BCUT2D eigenvalue weighted by Gasteiger charge is -2.32. The molecule has 1 atom stereocenters. The average molecular weight is 299 g/mol. The van der Waals surface area contributed by atoms with Crippen LogP contribution in [0.3, 0.4) is 0 Å². The SMILES string of the molecule is CC1c2ccsc2CCN1Cc1nc2ccc(N)cc2o1. The molecule has 0 aliphatic carbocycles. The van der Waals surface area contributed by atoms with E-state index in [9.17, 15) is 0 Å². The summed E-state index contributed by atoms with van der Waals surface area (Å²) in [5, 5.41) is 2.19. The Balaban J connectivity index is 1.60. The molecule has 0 radical (unpaired) electrons. The number of nitrogens with zero attached hydrogens (tertiary/aromatic N) is 2. The summed E-state index contributed by atoms with van der Waals surface area (Å²) in [6, 6.07) is 8.26. The molecule has 1 aliphatic rings. The van der Waals surface area contributed by atoms with Crippen molar-refractivity contribution in [2.75, 3.05) is 12.3 Å². The van der Waals surface area contributed by atoms with Gasteiger partial charge in [-0.05, 0) is 42.5 Å². The third-order valence-corrected chi connectivity index (χ3v) is 5.20. The second-order valence-corrected chi connectivity index (χ2v) is 6.53. The van der Waals surface area contributed by atoms with Gasteiger partial charge in [-0.15, -0.1) is 11.3 Å². The van der Waals surface area contributed by atoms with E-state index in [1.807, 2.05) is 29.5 Å². The number of hydrogen-bond acceptors (Lipinski definition) is 5. The highest BCUT2D eigenvalue weighted by Crippen LogP contribution is 2.33. The van der Waals surface area contributed by atoms with E-state index in [4.69, 9.17) is 10.2 Å². The minimum Gasteiger partial charge on any atom is -0.439 e. The van der Waals surface area contributed by atoms with E-state index in [0.29, 0.717) is 11.7 Å². The zero-order chi connectivity index (χ0) is 14.4. The fourth-order valence-electron chi connectivity index (χ4n) is 3.01. The molecule has 0 bridgehead atoms. The van der Waals surface area contributed by atoms with Gasteiger partial charge in [0.2, 0.25) is 5.89 Å². The van der Waals surface area contributed by atoms with Crippen LogP contribution in [-0.2, 0) is 13.0 Å². The molecule has 1 unspecified atom stereocenters. The van der Waals surface area contributed by atoms with Crippen molar-refractivity contribution >= 4 is 28.1 Å². The molecule has 3 aromatic rings. The quantitative estimate of drug-likeness (QED) is 0.735. The van der Waals surface area contributed by atoms with Crippen LogP contribution >= 0.6 is 11.3 Å². The van der Waals surface area contributed by atoms with Gasteiger partial charge in [0.05, 0.1) is 6.54 Å². The summed E-state index contributed by atoms with van der Waals surface area (Å²) >= 11 is 1.86. The first-order valence-electron chi connectivity index (χ1n) is 7.16. The summed E-state index contributed by atoms with van der Waals surface area (Å²) in [5.74, 6) is 0.765. The lowest BCUT2D eigenvalue weighted by Crippen LogP contribution is -2.32. The minimum absolute atomic E-state index is 0.417. The van der Waals surface area contributed by atoms with Crippen LogP contribution in [-0.4, -0.2) is 16.4 Å². The molecule has 0 saturated carbocycles. The number of rotatable bonds is 2. The topological polar surface area (TPSA) is 55.3 Å². The zero-order valence-electron chi connectivity index (χ0n) is 11.9. The Hall–Kier alpha value is -1.85. The molecular formula is C16H17N3OS. The van der Waals surface area contributed by atoms with Crippen molar-refractivity contribution in [3.63, 3.8) is 0 Å². The predicted octanol–water partition coefficient (Wildman–Crippen LogP) is 3.59. The summed E-state index contributed by atoms with van der Waals surface area (Å²) in [5.41, 5.74) is 9.59. The molecule has 108 valence electrons. The summed E-state index contributed by atoms with van der Waals surface area (Å²) in [6.45, 7) is 4.05. The highest BCUT2D eigenvalue weighted by molar-refractivity contribution is 7.10. The minimum atomic E-state index is 0.417. The summed E-state index contributed by atoms with van der Waals surface area (Å²) in [7, 11) is 0. The van der Waals surface area contributed by atoms with E-state index in [-0.39, 0.29) is 0 Å². The number of hydrogen-bond donors (Lipinski definition) is 1. The van der Waals surface area contributed by atoms with Crippen LogP contribution in [0.5, 0.6) is 0 Å². The van der Waals surface area contributed by atoms with Gasteiger partial charge in [0.1, 0.15) is 5.52 Å². The maximum atomic E-state index is 5.84. The molecule has 4 nitrogen and oxygen atoms in total. The summed E-state index contributed by atoms with van der Waals surface area (Å²) in [6.07, 6.45) is 1.12. The monoisotopic (exact) mass is 299 g/mol. The second-order valence-electron chi connectivity index (χ2n) is 5.53. The molecule has 1 aromatic carbocycles. The molecule has 21 heavy (non-hydrogen) atoms. The van der Waals surface area contributed by atoms with Gasteiger partial charge >= 0.3 is 0 Å². The lowest BCUT2D eigenvalue weighted by atomic mass is 10.0. The van der Waals surface area contributed by atoms with Crippen LogP contribution in [0.15, 0.2) is 34.1 Å². The number of fused-ring (bicyclic) bond motifs is 2. The molecule has 0 fully saturated rings. The van der Waals surface area contributed by atoms with Crippen LogP contribution in [0.25, 0.3) is 11.1 Å². The maximum absolute atomic E-state index is 5.84. The van der Waals surface area contributed by atoms with Crippen molar-refractivity contribution in [1.82, 2.24) is 9.88 Å². The Morgan fingerprint density at radius 3 is 3.24 bits per heavy atom. The van der Waals surface area contributed by atoms with E-state index in [1.165, 1.54) is 10.4 Å². The molecule has 5 heteroatoms. The number of nitrogens with two attached hydrogens (primary N) is 1. The van der Waals surface area contributed by atoms with Gasteiger partial charge in [-0.2, -0.15) is 0 Å². The van der Waals surface area contributed by atoms with Gasteiger partial charge in [0.15, 0.2) is 5.58 Å². The standard InChI is InChI=1S/C16H17N3OS/c1-10-12-5-7-21-15(12)4-6-19(10)9-16-18-13-3-2-11(17)8-14(13)20-16/h2-3,5,7-8,10H,4,6,9,17H2,1H3. The van der Waals surface area contributed by atoms with Crippen LogP contribution < -0.4 is 5.73 Å². The highest BCUT2D eigenvalue weighted by Gasteiger charge is 2.25. The van der Waals surface area contributed by atoms with E-state index < -0.39 is 0 Å².